The van der Waals surface area contributed by atoms with Crippen LogP contribution in [0.4, 0.5) is 0 Å². The predicted molar refractivity (Wildman–Crippen MR) is 61.2 cm³/mol. The summed E-state index contributed by atoms with van der Waals surface area (Å²) in [5.74, 6) is 0. The van der Waals surface area contributed by atoms with Crippen molar-refractivity contribution in [1.82, 2.24) is 4.90 Å². The Morgan fingerprint density at radius 2 is 2.14 bits per heavy atom. The van der Waals surface area contributed by atoms with Gasteiger partial charge in [0.25, 0.3) is 0 Å². The van der Waals surface area contributed by atoms with Gasteiger partial charge in [-0.15, -0.1) is 0 Å². The molecular formula is C12H20N2. The van der Waals surface area contributed by atoms with Crippen LogP contribution in [0, 0.1) is 6.92 Å². The van der Waals surface area contributed by atoms with Crippen LogP contribution in [-0.2, 0) is 6.54 Å². The van der Waals surface area contributed by atoms with Crippen molar-refractivity contribution >= 4 is 0 Å². The summed E-state index contributed by atoms with van der Waals surface area (Å²) < 4.78 is 0. The van der Waals surface area contributed by atoms with E-state index in [2.05, 4.69) is 43.1 Å². The summed E-state index contributed by atoms with van der Waals surface area (Å²) in [7, 11) is 2.10. The molecule has 1 aromatic rings. The van der Waals surface area contributed by atoms with Crippen LogP contribution in [0.25, 0.3) is 0 Å². The SMILES string of the molecule is Cc1cccc(CN(C)C[C@@H](C)N)c1. The average molecular weight is 192 g/mol. The fourth-order valence-corrected chi connectivity index (χ4v) is 1.68. The summed E-state index contributed by atoms with van der Waals surface area (Å²) in [6.45, 7) is 6.07. The van der Waals surface area contributed by atoms with Gasteiger partial charge in [-0.3, -0.25) is 0 Å². The minimum Gasteiger partial charge on any atom is -0.327 e. The van der Waals surface area contributed by atoms with Gasteiger partial charge in [-0.25, -0.2) is 0 Å². The molecule has 78 valence electrons. The van der Waals surface area contributed by atoms with Gasteiger partial charge in [-0.1, -0.05) is 29.8 Å². The number of nitrogens with zero attached hydrogens (tertiary/aromatic N) is 1. The molecule has 0 saturated heterocycles. The molecule has 2 heteroatoms. The lowest BCUT2D eigenvalue weighted by Gasteiger charge is -2.18. The van der Waals surface area contributed by atoms with E-state index < -0.39 is 0 Å². The Morgan fingerprint density at radius 3 is 2.71 bits per heavy atom. The highest BCUT2D eigenvalue weighted by atomic mass is 15.1. The highest BCUT2D eigenvalue weighted by Gasteiger charge is 2.02. The second-order valence-electron chi connectivity index (χ2n) is 4.16. The zero-order chi connectivity index (χ0) is 10.6. The molecule has 14 heavy (non-hydrogen) atoms. The Hall–Kier alpha value is -0.860. The van der Waals surface area contributed by atoms with E-state index in [1.807, 2.05) is 6.92 Å². The van der Waals surface area contributed by atoms with Gasteiger partial charge < -0.3 is 10.6 Å². The van der Waals surface area contributed by atoms with Crippen LogP contribution in [0.15, 0.2) is 24.3 Å². The molecule has 0 radical (unpaired) electrons. The fraction of sp³-hybridized carbons (Fsp3) is 0.500. The largest absolute Gasteiger partial charge is 0.327 e. The molecule has 1 atom stereocenters. The zero-order valence-corrected chi connectivity index (χ0v) is 9.33. The molecule has 2 N–H and O–H groups in total. The summed E-state index contributed by atoms with van der Waals surface area (Å²) in [5.41, 5.74) is 8.41. The second-order valence-corrected chi connectivity index (χ2v) is 4.16. The molecule has 0 unspecified atom stereocenters. The Labute approximate surface area is 86.7 Å². The first-order valence-electron chi connectivity index (χ1n) is 5.07. The third-order valence-corrected chi connectivity index (χ3v) is 2.13. The van der Waals surface area contributed by atoms with E-state index in [4.69, 9.17) is 5.73 Å². The molecule has 0 saturated carbocycles. The second kappa shape index (κ2) is 5.13. The van der Waals surface area contributed by atoms with E-state index in [1.165, 1.54) is 11.1 Å². The van der Waals surface area contributed by atoms with Gasteiger partial charge in [0.15, 0.2) is 0 Å². The van der Waals surface area contributed by atoms with Crippen molar-refractivity contribution in [2.24, 2.45) is 5.73 Å². The van der Waals surface area contributed by atoms with E-state index in [0.29, 0.717) is 0 Å². The maximum absolute atomic E-state index is 5.74. The standard InChI is InChI=1S/C12H20N2/c1-10-5-4-6-12(7-10)9-14(3)8-11(2)13/h4-7,11H,8-9,13H2,1-3H3/t11-/m1/s1. The van der Waals surface area contributed by atoms with Crippen LogP contribution in [-0.4, -0.2) is 24.5 Å². The number of rotatable bonds is 4. The van der Waals surface area contributed by atoms with Crippen LogP contribution in [0.1, 0.15) is 18.1 Å². The Bertz CT molecular complexity index is 281. The van der Waals surface area contributed by atoms with Gasteiger partial charge >= 0.3 is 0 Å². The van der Waals surface area contributed by atoms with Crippen molar-refractivity contribution in [3.05, 3.63) is 35.4 Å². The number of likely N-dealkylation sites (N-methyl/N-ethyl adjacent to an activating group) is 1. The van der Waals surface area contributed by atoms with E-state index >= 15 is 0 Å². The fourth-order valence-electron chi connectivity index (χ4n) is 1.68. The molecular weight excluding hydrogens is 172 g/mol. The van der Waals surface area contributed by atoms with Crippen molar-refractivity contribution in [1.29, 1.82) is 0 Å². The number of benzene rings is 1. The van der Waals surface area contributed by atoms with Gasteiger partial charge in [-0.05, 0) is 26.5 Å². The predicted octanol–water partition coefficient (Wildman–Crippen LogP) is 1.77. The topological polar surface area (TPSA) is 29.3 Å². The van der Waals surface area contributed by atoms with Gasteiger partial charge in [0.1, 0.15) is 0 Å². The lowest BCUT2D eigenvalue weighted by atomic mass is 10.1. The van der Waals surface area contributed by atoms with E-state index in [1.54, 1.807) is 0 Å². The maximum Gasteiger partial charge on any atom is 0.0231 e. The van der Waals surface area contributed by atoms with E-state index in [0.717, 1.165) is 13.1 Å². The lowest BCUT2D eigenvalue weighted by Crippen LogP contribution is -2.32. The Kier molecular flexibility index (Phi) is 4.11. The molecule has 2 nitrogen and oxygen atoms in total. The average Bonchev–Trinajstić information content (AvgIpc) is 2.01. The molecule has 1 rings (SSSR count). The van der Waals surface area contributed by atoms with Crippen LogP contribution in [0.2, 0.25) is 0 Å². The number of nitrogens with two attached hydrogens (primary N) is 1. The van der Waals surface area contributed by atoms with Crippen LogP contribution in [0.5, 0.6) is 0 Å². The highest BCUT2D eigenvalue weighted by molar-refractivity contribution is 5.21. The van der Waals surface area contributed by atoms with Gasteiger partial charge in [0.2, 0.25) is 0 Å². The smallest absolute Gasteiger partial charge is 0.0231 e. The van der Waals surface area contributed by atoms with Crippen molar-refractivity contribution in [3.8, 4) is 0 Å². The Morgan fingerprint density at radius 1 is 1.43 bits per heavy atom. The Balaban J connectivity index is 2.51. The molecule has 0 spiro atoms. The number of aryl methyl sites for hydroxylation is 1. The van der Waals surface area contributed by atoms with Gasteiger partial charge in [0, 0.05) is 19.1 Å². The minimum absolute atomic E-state index is 0.241. The molecule has 0 aliphatic carbocycles. The zero-order valence-electron chi connectivity index (χ0n) is 9.33. The summed E-state index contributed by atoms with van der Waals surface area (Å²) in [6.07, 6.45) is 0. The third kappa shape index (κ3) is 3.90. The first kappa shape index (κ1) is 11.2. The molecule has 1 aromatic carbocycles. The summed E-state index contributed by atoms with van der Waals surface area (Å²) >= 11 is 0. The minimum atomic E-state index is 0.241. The molecule has 0 aliphatic rings. The van der Waals surface area contributed by atoms with E-state index in [9.17, 15) is 0 Å². The third-order valence-electron chi connectivity index (χ3n) is 2.13. The molecule has 0 amide bonds. The first-order valence-corrected chi connectivity index (χ1v) is 5.07. The van der Waals surface area contributed by atoms with Crippen LogP contribution < -0.4 is 5.73 Å². The van der Waals surface area contributed by atoms with Crippen molar-refractivity contribution in [2.45, 2.75) is 26.4 Å². The van der Waals surface area contributed by atoms with Crippen LogP contribution >= 0.6 is 0 Å². The quantitative estimate of drug-likeness (QED) is 0.788. The number of hydrogen-bond donors (Lipinski definition) is 1. The lowest BCUT2D eigenvalue weighted by molar-refractivity contribution is 0.310. The maximum atomic E-state index is 5.74. The molecule has 0 aromatic heterocycles. The van der Waals surface area contributed by atoms with Crippen LogP contribution in [0.3, 0.4) is 0 Å². The van der Waals surface area contributed by atoms with Crippen molar-refractivity contribution in [2.75, 3.05) is 13.6 Å². The van der Waals surface area contributed by atoms with Crippen molar-refractivity contribution in [3.63, 3.8) is 0 Å². The monoisotopic (exact) mass is 192 g/mol. The summed E-state index contributed by atoms with van der Waals surface area (Å²) in [4.78, 5) is 2.25. The normalized spacial score (nSPS) is 13.2. The highest BCUT2D eigenvalue weighted by Crippen LogP contribution is 2.06. The summed E-state index contributed by atoms with van der Waals surface area (Å²) in [6, 6.07) is 8.84. The molecule has 0 aliphatic heterocycles. The summed E-state index contributed by atoms with van der Waals surface area (Å²) in [5, 5.41) is 0. The van der Waals surface area contributed by atoms with Crippen molar-refractivity contribution < 1.29 is 0 Å². The molecule has 0 fully saturated rings. The van der Waals surface area contributed by atoms with Gasteiger partial charge in [-0.2, -0.15) is 0 Å². The van der Waals surface area contributed by atoms with E-state index in [-0.39, 0.29) is 6.04 Å². The first-order chi connectivity index (χ1) is 6.58. The van der Waals surface area contributed by atoms with Gasteiger partial charge in [0.05, 0.1) is 0 Å². The number of hydrogen-bond acceptors (Lipinski definition) is 2. The molecule has 0 bridgehead atoms. The molecule has 0 heterocycles.